The van der Waals surface area contributed by atoms with Crippen LogP contribution >= 0.6 is 22.9 Å². The lowest BCUT2D eigenvalue weighted by Crippen LogP contribution is -1.88. The first-order chi connectivity index (χ1) is 7.08. The van der Waals surface area contributed by atoms with E-state index in [-0.39, 0.29) is 0 Å². The lowest BCUT2D eigenvalue weighted by atomic mass is 10.0. The number of hydrogen-bond donors (Lipinski definition) is 0. The molecule has 0 N–H and O–H groups in total. The molecule has 15 heavy (non-hydrogen) atoms. The molecule has 0 bridgehead atoms. The van der Waals surface area contributed by atoms with E-state index in [2.05, 4.69) is 37.9 Å². The topological polar surface area (TPSA) is 12.9 Å². The molecule has 1 aromatic carbocycles. The molecule has 0 unspecified atom stereocenters. The van der Waals surface area contributed by atoms with E-state index in [1.54, 1.807) is 11.3 Å². The molecule has 0 aliphatic heterocycles. The molecular weight excluding hydrogens is 226 g/mol. The van der Waals surface area contributed by atoms with Gasteiger partial charge in [0.25, 0.3) is 0 Å². The number of aromatic nitrogens is 1. The number of rotatable bonds is 1. The molecular formula is C12H12ClNS. The quantitative estimate of drug-likeness (QED) is 0.717. The molecule has 1 heterocycles. The van der Waals surface area contributed by atoms with Gasteiger partial charge in [0, 0.05) is 10.9 Å². The largest absolute Gasteiger partial charge is 0.224 e. The Labute approximate surface area is 98.7 Å². The van der Waals surface area contributed by atoms with Crippen molar-refractivity contribution in [3.63, 3.8) is 0 Å². The van der Waals surface area contributed by atoms with Crippen LogP contribution in [-0.4, -0.2) is 4.98 Å². The monoisotopic (exact) mass is 237 g/mol. The predicted molar refractivity (Wildman–Crippen MR) is 66.8 cm³/mol. The van der Waals surface area contributed by atoms with Crippen molar-refractivity contribution < 1.29 is 0 Å². The van der Waals surface area contributed by atoms with Gasteiger partial charge in [-0.1, -0.05) is 17.7 Å². The SMILES string of the molecule is Cc1cc(C)c(-c2nc(Cl)cs2)cc1C. The Morgan fingerprint density at radius 2 is 1.73 bits per heavy atom. The second kappa shape index (κ2) is 3.95. The van der Waals surface area contributed by atoms with Crippen LogP contribution in [0.15, 0.2) is 17.5 Å². The average molecular weight is 238 g/mol. The van der Waals surface area contributed by atoms with Gasteiger partial charge in [-0.25, -0.2) is 4.98 Å². The van der Waals surface area contributed by atoms with Crippen LogP contribution in [0.2, 0.25) is 5.15 Å². The third-order valence-electron chi connectivity index (χ3n) is 2.55. The van der Waals surface area contributed by atoms with Gasteiger partial charge in [-0.05, 0) is 43.5 Å². The highest BCUT2D eigenvalue weighted by Gasteiger charge is 2.08. The third kappa shape index (κ3) is 2.06. The van der Waals surface area contributed by atoms with Gasteiger partial charge in [0.05, 0.1) is 0 Å². The van der Waals surface area contributed by atoms with Gasteiger partial charge in [-0.15, -0.1) is 11.3 Å². The van der Waals surface area contributed by atoms with Crippen LogP contribution in [0.3, 0.4) is 0 Å². The van der Waals surface area contributed by atoms with Crippen molar-refractivity contribution in [3.8, 4) is 10.6 Å². The number of halogens is 1. The van der Waals surface area contributed by atoms with Crippen molar-refractivity contribution in [2.45, 2.75) is 20.8 Å². The first-order valence-electron chi connectivity index (χ1n) is 4.77. The maximum absolute atomic E-state index is 5.83. The molecule has 1 nitrogen and oxygen atoms in total. The highest BCUT2D eigenvalue weighted by molar-refractivity contribution is 7.13. The minimum Gasteiger partial charge on any atom is -0.224 e. The van der Waals surface area contributed by atoms with Gasteiger partial charge >= 0.3 is 0 Å². The minimum absolute atomic E-state index is 0.577. The average Bonchev–Trinajstić information content (AvgIpc) is 2.58. The van der Waals surface area contributed by atoms with Gasteiger partial charge < -0.3 is 0 Å². The fraction of sp³-hybridized carbons (Fsp3) is 0.250. The van der Waals surface area contributed by atoms with Crippen LogP contribution < -0.4 is 0 Å². The predicted octanol–water partition coefficient (Wildman–Crippen LogP) is 4.39. The Kier molecular flexibility index (Phi) is 2.81. The number of thiazole rings is 1. The molecule has 0 aliphatic carbocycles. The molecule has 0 radical (unpaired) electrons. The number of hydrogen-bond acceptors (Lipinski definition) is 2. The van der Waals surface area contributed by atoms with Crippen molar-refractivity contribution in [1.82, 2.24) is 4.98 Å². The zero-order valence-corrected chi connectivity index (χ0v) is 10.5. The normalized spacial score (nSPS) is 10.7. The van der Waals surface area contributed by atoms with Gasteiger partial charge in [0.15, 0.2) is 0 Å². The van der Waals surface area contributed by atoms with Crippen LogP contribution in [0.25, 0.3) is 10.6 Å². The van der Waals surface area contributed by atoms with E-state index in [9.17, 15) is 0 Å². The maximum Gasteiger partial charge on any atom is 0.140 e. The number of aryl methyl sites for hydroxylation is 3. The van der Waals surface area contributed by atoms with E-state index < -0.39 is 0 Å². The van der Waals surface area contributed by atoms with E-state index in [1.807, 2.05) is 5.38 Å². The Morgan fingerprint density at radius 1 is 1.07 bits per heavy atom. The smallest absolute Gasteiger partial charge is 0.140 e. The van der Waals surface area contributed by atoms with E-state index in [4.69, 9.17) is 11.6 Å². The Bertz CT molecular complexity index is 502. The molecule has 2 rings (SSSR count). The van der Waals surface area contributed by atoms with Crippen molar-refractivity contribution in [2.24, 2.45) is 0 Å². The van der Waals surface area contributed by atoms with Crippen molar-refractivity contribution in [3.05, 3.63) is 39.4 Å². The molecule has 0 atom stereocenters. The Balaban J connectivity index is 2.58. The second-order valence-corrected chi connectivity index (χ2v) is 4.97. The summed E-state index contributed by atoms with van der Waals surface area (Å²) in [6.07, 6.45) is 0. The van der Waals surface area contributed by atoms with Crippen LogP contribution in [0.5, 0.6) is 0 Å². The van der Waals surface area contributed by atoms with E-state index in [1.165, 1.54) is 22.3 Å². The summed E-state index contributed by atoms with van der Waals surface area (Å²) in [5.74, 6) is 0. The molecule has 78 valence electrons. The van der Waals surface area contributed by atoms with Crippen molar-refractivity contribution in [2.75, 3.05) is 0 Å². The fourth-order valence-corrected chi connectivity index (χ4v) is 2.60. The Morgan fingerprint density at radius 3 is 2.33 bits per heavy atom. The summed E-state index contributed by atoms with van der Waals surface area (Å²) in [6, 6.07) is 4.37. The molecule has 0 aliphatic rings. The highest BCUT2D eigenvalue weighted by Crippen LogP contribution is 2.30. The summed E-state index contributed by atoms with van der Waals surface area (Å²) in [5, 5.41) is 3.44. The van der Waals surface area contributed by atoms with E-state index in [0.717, 1.165) is 5.01 Å². The zero-order chi connectivity index (χ0) is 11.0. The summed E-state index contributed by atoms with van der Waals surface area (Å²) in [6.45, 7) is 6.35. The van der Waals surface area contributed by atoms with Gasteiger partial charge in [-0.2, -0.15) is 0 Å². The molecule has 0 saturated heterocycles. The third-order valence-corrected chi connectivity index (χ3v) is 3.75. The van der Waals surface area contributed by atoms with E-state index >= 15 is 0 Å². The maximum atomic E-state index is 5.83. The van der Waals surface area contributed by atoms with Crippen LogP contribution in [0.4, 0.5) is 0 Å². The van der Waals surface area contributed by atoms with Gasteiger partial charge in [0.1, 0.15) is 10.2 Å². The van der Waals surface area contributed by atoms with Crippen LogP contribution in [-0.2, 0) is 0 Å². The minimum atomic E-state index is 0.577. The highest BCUT2D eigenvalue weighted by atomic mass is 35.5. The fourth-order valence-electron chi connectivity index (χ4n) is 1.57. The molecule has 0 saturated carbocycles. The number of nitrogens with zero attached hydrogens (tertiary/aromatic N) is 1. The van der Waals surface area contributed by atoms with Crippen molar-refractivity contribution in [1.29, 1.82) is 0 Å². The lowest BCUT2D eigenvalue weighted by molar-refractivity contribution is 1.29. The summed E-state index contributed by atoms with van der Waals surface area (Å²) in [4.78, 5) is 4.30. The van der Waals surface area contributed by atoms with Crippen molar-refractivity contribution >= 4 is 22.9 Å². The summed E-state index contributed by atoms with van der Waals surface area (Å²) in [5.41, 5.74) is 5.06. The molecule has 2 aromatic rings. The van der Waals surface area contributed by atoms with Gasteiger partial charge in [-0.3, -0.25) is 0 Å². The van der Waals surface area contributed by atoms with E-state index in [0.29, 0.717) is 5.15 Å². The molecule has 0 amide bonds. The first kappa shape index (κ1) is 10.7. The van der Waals surface area contributed by atoms with Crippen LogP contribution in [0, 0.1) is 20.8 Å². The first-order valence-corrected chi connectivity index (χ1v) is 6.03. The molecule has 0 fully saturated rings. The zero-order valence-electron chi connectivity index (χ0n) is 8.97. The molecule has 0 spiro atoms. The summed E-state index contributed by atoms with van der Waals surface area (Å²) in [7, 11) is 0. The summed E-state index contributed by atoms with van der Waals surface area (Å²) < 4.78 is 0. The van der Waals surface area contributed by atoms with Crippen LogP contribution in [0.1, 0.15) is 16.7 Å². The second-order valence-electron chi connectivity index (χ2n) is 3.73. The standard InChI is InChI=1S/C12H12ClNS/c1-7-4-9(3)10(5-8(7)2)12-14-11(13)6-15-12/h4-6H,1-3H3. The molecule has 3 heteroatoms. The Hall–Kier alpha value is -0.860. The van der Waals surface area contributed by atoms with Gasteiger partial charge in [0.2, 0.25) is 0 Å². The molecule has 1 aromatic heterocycles. The number of benzene rings is 1. The lowest BCUT2D eigenvalue weighted by Gasteiger charge is -2.06. The summed E-state index contributed by atoms with van der Waals surface area (Å²) >= 11 is 7.42.